The van der Waals surface area contributed by atoms with Crippen LogP contribution in [-0.2, 0) is 17.4 Å². The number of hydrogen-bond donors (Lipinski definition) is 0. The topological polar surface area (TPSA) is 30.0 Å². The summed E-state index contributed by atoms with van der Waals surface area (Å²) in [6, 6.07) is 0.823. The molecule has 1 aromatic rings. The van der Waals surface area contributed by atoms with Crippen molar-refractivity contribution in [3.63, 3.8) is 0 Å². The van der Waals surface area contributed by atoms with Crippen molar-refractivity contribution in [1.82, 2.24) is 4.98 Å². The normalized spacial score (nSPS) is 11.4. The summed E-state index contributed by atoms with van der Waals surface area (Å²) < 4.78 is 36.5. The highest BCUT2D eigenvalue weighted by molar-refractivity contribution is 6.30. The summed E-state index contributed by atoms with van der Waals surface area (Å²) >= 11 is 5.49. The summed E-state index contributed by atoms with van der Waals surface area (Å²) in [7, 11) is 0. The molecule has 0 aliphatic heterocycles. The SMILES string of the molecule is O=CCc1cc(C(F)(F)F)cnc1Cl. The molecule has 0 fully saturated rings. The number of alkyl halides is 3. The lowest BCUT2D eigenvalue weighted by Crippen LogP contribution is -2.07. The zero-order chi connectivity index (χ0) is 10.8. The maximum atomic E-state index is 12.2. The summed E-state index contributed by atoms with van der Waals surface area (Å²) in [5.74, 6) is 0. The van der Waals surface area contributed by atoms with Gasteiger partial charge in [-0.3, -0.25) is 0 Å². The molecule has 0 spiro atoms. The Kier molecular flexibility index (Phi) is 3.10. The Morgan fingerprint density at radius 3 is 2.64 bits per heavy atom. The first-order valence-electron chi connectivity index (χ1n) is 3.60. The van der Waals surface area contributed by atoms with E-state index in [1.54, 1.807) is 0 Å². The zero-order valence-corrected chi connectivity index (χ0v) is 7.56. The van der Waals surface area contributed by atoms with Gasteiger partial charge in [-0.25, -0.2) is 4.98 Å². The van der Waals surface area contributed by atoms with E-state index in [0.29, 0.717) is 12.5 Å². The van der Waals surface area contributed by atoms with Crippen molar-refractivity contribution in [3.05, 3.63) is 28.5 Å². The molecule has 0 aliphatic rings. The molecule has 0 aliphatic carbocycles. The van der Waals surface area contributed by atoms with Gasteiger partial charge >= 0.3 is 6.18 Å². The number of aromatic nitrogens is 1. The average Bonchev–Trinajstić information content (AvgIpc) is 2.07. The van der Waals surface area contributed by atoms with Gasteiger partial charge in [0, 0.05) is 12.6 Å². The molecule has 0 saturated heterocycles. The lowest BCUT2D eigenvalue weighted by atomic mass is 10.1. The summed E-state index contributed by atoms with van der Waals surface area (Å²) in [6.07, 6.45) is -3.52. The number of carbonyl (C=O) groups is 1. The third-order valence-electron chi connectivity index (χ3n) is 1.54. The van der Waals surface area contributed by atoms with Gasteiger partial charge in [-0.2, -0.15) is 13.2 Å². The lowest BCUT2D eigenvalue weighted by molar-refractivity contribution is -0.137. The van der Waals surface area contributed by atoms with Gasteiger partial charge < -0.3 is 4.79 Å². The van der Waals surface area contributed by atoms with Crippen molar-refractivity contribution in [2.24, 2.45) is 0 Å². The second-order valence-corrected chi connectivity index (χ2v) is 2.90. The Morgan fingerprint density at radius 1 is 1.50 bits per heavy atom. The van der Waals surface area contributed by atoms with E-state index in [1.165, 1.54) is 0 Å². The fraction of sp³-hybridized carbons (Fsp3) is 0.250. The van der Waals surface area contributed by atoms with Crippen molar-refractivity contribution in [2.45, 2.75) is 12.6 Å². The molecule has 6 heteroatoms. The van der Waals surface area contributed by atoms with Gasteiger partial charge in [-0.05, 0) is 11.6 Å². The van der Waals surface area contributed by atoms with Crippen LogP contribution in [0.15, 0.2) is 12.3 Å². The number of rotatable bonds is 2. The summed E-state index contributed by atoms with van der Waals surface area (Å²) in [4.78, 5) is 13.5. The monoisotopic (exact) mass is 223 g/mol. The fourth-order valence-electron chi connectivity index (χ4n) is 0.882. The van der Waals surface area contributed by atoms with Crippen LogP contribution in [0.2, 0.25) is 5.15 Å². The second kappa shape index (κ2) is 3.96. The second-order valence-electron chi connectivity index (χ2n) is 2.54. The third-order valence-corrected chi connectivity index (χ3v) is 1.88. The van der Waals surface area contributed by atoms with Gasteiger partial charge in [0.1, 0.15) is 11.4 Å². The molecule has 76 valence electrons. The summed E-state index contributed by atoms with van der Waals surface area (Å²) in [5.41, 5.74) is -0.824. The van der Waals surface area contributed by atoms with Crippen molar-refractivity contribution < 1.29 is 18.0 Å². The van der Waals surface area contributed by atoms with E-state index in [9.17, 15) is 18.0 Å². The van der Waals surface area contributed by atoms with Gasteiger partial charge in [-0.15, -0.1) is 0 Å². The van der Waals surface area contributed by atoms with Gasteiger partial charge in [0.15, 0.2) is 0 Å². The number of pyridine rings is 1. The molecule has 2 nitrogen and oxygen atoms in total. The summed E-state index contributed by atoms with van der Waals surface area (Å²) in [6.45, 7) is 0. The Bertz CT molecular complexity index is 351. The first kappa shape index (κ1) is 11.0. The zero-order valence-electron chi connectivity index (χ0n) is 6.81. The molecule has 1 aromatic heterocycles. The standard InChI is InChI=1S/C8H5ClF3NO/c9-7-5(1-2-14)3-6(4-13-7)8(10,11)12/h2-4H,1H2. The van der Waals surface area contributed by atoms with E-state index in [2.05, 4.69) is 4.98 Å². The van der Waals surface area contributed by atoms with Crippen LogP contribution in [0.1, 0.15) is 11.1 Å². The minimum atomic E-state index is -4.46. The highest BCUT2D eigenvalue weighted by atomic mass is 35.5. The van der Waals surface area contributed by atoms with E-state index in [-0.39, 0.29) is 17.1 Å². The minimum absolute atomic E-state index is 0.0786. The van der Waals surface area contributed by atoms with Crippen molar-refractivity contribution in [2.75, 3.05) is 0 Å². The smallest absolute Gasteiger partial charge is 0.303 e. The van der Waals surface area contributed by atoms with Gasteiger partial charge in [-0.1, -0.05) is 11.6 Å². The predicted octanol–water partition coefficient (Wildman–Crippen LogP) is 2.50. The molecule has 1 rings (SSSR count). The Morgan fingerprint density at radius 2 is 2.14 bits per heavy atom. The van der Waals surface area contributed by atoms with Crippen molar-refractivity contribution in [3.8, 4) is 0 Å². The third kappa shape index (κ3) is 2.45. The largest absolute Gasteiger partial charge is 0.417 e. The molecule has 0 N–H and O–H groups in total. The van der Waals surface area contributed by atoms with Crippen LogP contribution < -0.4 is 0 Å². The van der Waals surface area contributed by atoms with E-state index < -0.39 is 11.7 Å². The van der Waals surface area contributed by atoms with Crippen LogP contribution in [0.3, 0.4) is 0 Å². The number of nitrogens with zero attached hydrogens (tertiary/aromatic N) is 1. The molecule has 0 amide bonds. The van der Waals surface area contributed by atoms with E-state index in [0.717, 1.165) is 6.07 Å². The van der Waals surface area contributed by atoms with Crippen LogP contribution in [0.4, 0.5) is 13.2 Å². The lowest BCUT2D eigenvalue weighted by Gasteiger charge is -2.07. The highest BCUT2D eigenvalue weighted by Gasteiger charge is 2.31. The van der Waals surface area contributed by atoms with Crippen molar-refractivity contribution in [1.29, 1.82) is 0 Å². The molecule has 14 heavy (non-hydrogen) atoms. The highest BCUT2D eigenvalue weighted by Crippen LogP contribution is 2.30. The minimum Gasteiger partial charge on any atom is -0.303 e. The molecule has 0 aromatic carbocycles. The first-order chi connectivity index (χ1) is 6.45. The molecular formula is C8H5ClF3NO. The maximum absolute atomic E-state index is 12.2. The van der Waals surface area contributed by atoms with Gasteiger partial charge in [0.2, 0.25) is 0 Å². The Balaban J connectivity index is 3.12. The maximum Gasteiger partial charge on any atom is 0.417 e. The first-order valence-corrected chi connectivity index (χ1v) is 3.98. The number of hydrogen-bond acceptors (Lipinski definition) is 2. The molecule has 0 unspecified atom stereocenters. The quantitative estimate of drug-likeness (QED) is 0.570. The van der Waals surface area contributed by atoms with Crippen LogP contribution >= 0.6 is 11.6 Å². The van der Waals surface area contributed by atoms with Crippen LogP contribution in [-0.4, -0.2) is 11.3 Å². The predicted molar refractivity (Wildman–Crippen MR) is 44.0 cm³/mol. The summed E-state index contributed by atoms with van der Waals surface area (Å²) in [5, 5.41) is -0.0786. The van der Waals surface area contributed by atoms with Crippen LogP contribution in [0.25, 0.3) is 0 Å². The van der Waals surface area contributed by atoms with E-state index >= 15 is 0 Å². The Hall–Kier alpha value is -1.10. The molecule has 0 atom stereocenters. The number of aldehydes is 1. The molecular weight excluding hydrogens is 219 g/mol. The van der Waals surface area contributed by atoms with Crippen LogP contribution in [0, 0.1) is 0 Å². The molecule has 0 saturated carbocycles. The number of carbonyl (C=O) groups excluding carboxylic acids is 1. The fourth-order valence-corrected chi connectivity index (χ4v) is 1.06. The molecule has 0 bridgehead atoms. The average molecular weight is 224 g/mol. The van der Waals surface area contributed by atoms with Gasteiger partial charge in [0.05, 0.1) is 5.56 Å². The Labute approximate surface area is 82.7 Å². The van der Waals surface area contributed by atoms with E-state index in [4.69, 9.17) is 11.6 Å². The van der Waals surface area contributed by atoms with Gasteiger partial charge in [0.25, 0.3) is 0 Å². The van der Waals surface area contributed by atoms with E-state index in [1.807, 2.05) is 0 Å². The van der Waals surface area contributed by atoms with Crippen LogP contribution in [0.5, 0.6) is 0 Å². The van der Waals surface area contributed by atoms with Crippen molar-refractivity contribution >= 4 is 17.9 Å². The molecule has 0 radical (unpaired) electrons. The number of halogens is 4. The molecule has 1 heterocycles.